The summed E-state index contributed by atoms with van der Waals surface area (Å²) in [4.78, 5) is 12.3. The first-order chi connectivity index (χ1) is 4.72. The molecule has 0 aliphatic carbocycles. The zero-order chi connectivity index (χ0) is 7.56. The van der Waals surface area contributed by atoms with E-state index in [9.17, 15) is 4.79 Å². The summed E-state index contributed by atoms with van der Waals surface area (Å²) in [6.45, 7) is 2.27. The number of halogens is 1. The molecule has 0 bridgehead atoms. The molecule has 66 valence electrons. The van der Waals surface area contributed by atoms with Crippen LogP contribution < -0.4 is 5.32 Å². The smallest absolute Gasteiger partial charge is 0.322 e. The Bertz CT molecular complexity index is 143. The van der Waals surface area contributed by atoms with Crippen LogP contribution in [-0.4, -0.2) is 48.7 Å². The highest BCUT2D eigenvalue weighted by molar-refractivity contribution is 5.85. The summed E-state index contributed by atoms with van der Waals surface area (Å²) in [5.41, 5.74) is 0. The summed E-state index contributed by atoms with van der Waals surface area (Å²) < 4.78 is 0. The molecule has 1 saturated heterocycles. The molecule has 0 radical (unpaired) electrons. The standard InChI is InChI=1S/C6H12N2O2.ClH/c1-8-3-2-7-4-5(8)6(9)10;/h5,7H,2-4H2,1H3,(H,9,10);1H/t5-;/m1./s1. The average molecular weight is 181 g/mol. The number of aliphatic carboxylic acids is 1. The molecule has 0 unspecified atom stereocenters. The zero-order valence-electron chi connectivity index (χ0n) is 6.41. The van der Waals surface area contributed by atoms with Gasteiger partial charge in [-0.15, -0.1) is 12.4 Å². The van der Waals surface area contributed by atoms with Crippen LogP contribution in [0.2, 0.25) is 0 Å². The topological polar surface area (TPSA) is 52.6 Å². The normalized spacial score (nSPS) is 25.7. The number of nitrogens with one attached hydrogen (secondary N) is 1. The number of carbonyl (C=O) groups is 1. The SMILES string of the molecule is CN1CCNC[C@@H]1C(=O)O.Cl. The Hall–Kier alpha value is -0.320. The number of hydrogen-bond donors (Lipinski definition) is 2. The van der Waals surface area contributed by atoms with Crippen molar-refractivity contribution in [3.63, 3.8) is 0 Å². The van der Waals surface area contributed by atoms with Crippen LogP contribution in [0, 0.1) is 0 Å². The van der Waals surface area contributed by atoms with E-state index in [1.807, 2.05) is 11.9 Å². The Kier molecular flexibility index (Phi) is 4.40. The Morgan fingerprint density at radius 2 is 2.36 bits per heavy atom. The number of nitrogens with zero attached hydrogens (tertiary/aromatic N) is 1. The van der Waals surface area contributed by atoms with Crippen LogP contribution in [0.5, 0.6) is 0 Å². The molecule has 0 aromatic carbocycles. The van der Waals surface area contributed by atoms with Crippen LogP contribution in [-0.2, 0) is 4.79 Å². The van der Waals surface area contributed by atoms with Crippen LogP contribution >= 0.6 is 12.4 Å². The number of carboxylic acids is 1. The minimum Gasteiger partial charge on any atom is -0.480 e. The van der Waals surface area contributed by atoms with Crippen molar-refractivity contribution in [1.29, 1.82) is 0 Å². The second-order valence-electron chi connectivity index (χ2n) is 2.54. The first-order valence-electron chi connectivity index (χ1n) is 3.35. The lowest BCUT2D eigenvalue weighted by atomic mass is 10.2. The van der Waals surface area contributed by atoms with Gasteiger partial charge in [0.1, 0.15) is 6.04 Å². The molecule has 4 nitrogen and oxygen atoms in total. The predicted octanol–water partition coefficient (Wildman–Crippen LogP) is -0.604. The molecule has 1 atom stereocenters. The maximum absolute atomic E-state index is 10.5. The van der Waals surface area contributed by atoms with E-state index in [4.69, 9.17) is 5.11 Å². The number of hydrogen-bond acceptors (Lipinski definition) is 3. The van der Waals surface area contributed by atoms with Gasteiger partial charge in [-0.25, -0.2) is 0 Å². The zero-order valence-corrected chi connectivity index (χ0v) is 7.23. The van der Waals surface area contributed by atoms with Gasteiger partial charge >= 0.3 is 5.97 Å². The monoisotopic (exact) mass is 180 g/mol. The lowest BCUT2D eigenvalue weighted by Gasteiger charge is -2.29. The van der Waals surface area contributed by atoms with E-state index in [0.29, 0.717) is 6.54 Å². The van der Waals surface area contributed by atoms with Gasteiger partial charge in [0.05, 0.1) is 0 Å². The Morgan fingerprint density at radius 3 is 2.73 bits per heavy atom. The maximum Gasteiger partial charge on any atom is 0.322 e. The van der Waals surface area contributed by atoms with Crippen molar-refractivity contribution < 1.29 is 9.90 Å². The summed E-state index contributed by atoms with van der Waals surface area (Å²) in [5, 5.41) is 11.7. The second kappa shape index (κ2) is 4.54. The molecular weight excluding hydrogens is 168 g/mol. The maximum atomic E-state index is 10.5. The van der Waals surface area contributed by atoms with Crippen molar-refractivity contribution in [1.82, 2.24) is 10.2 Å². The van der Waals surface area contributed by atoms with Gasteiger partial charge in [-0.3, -0.25) is 9.69 Å². The summed E-state index contributed by atoms with van der Waals surface area (Å²) in [6, 6.07) is -0.339. The molecule has 1 fully saturated rings. The highest BCUT2D eigenvalue weighted by atomic mass is 35.5. The molecule has 0 aromatic rings. The van der Waals surface area contributed by atoms with Crippen LogP contribution in [0.25, 0.3) is 0 Å². The van der Waals surface area contributed by atoms with Crippen LogP contribution in [0.3, 0.4) is 0 Å². The van der Waals surface area contributed by atoms with Gasteiger partial charge in [-0.1, -0.05) is 0 Å². The molecule has 2 N–H and O–H groups in total. The van der Waals surface area contributed by atoms with E-state index in [0.717, 1.165) is 13.1 Å². The van der Waals surface area contributed by atoms with Gasteiger partial charge < -0.3 is 10.4 Å². The third-order valence-corrected chi connectivity index (χ3v) is 1.80. The van der Waals surface area contributed by atoms with Crippen molar-refractivity contribution in [3.8, 4) is 0 Å². The molecule has 11 heavy (non-hydrogen) atoms. The highest BCUT2D eigenvalue weighted by Crippen LogP contribution is 1.98. The fourth-order valence-electron chi connectivity index (χ4n) is 1.08. The van der Waals surface area contributed by atoms with Gasteiger partial charge in [-0.05, 0) is 7.05 Å². The molecule has 0 aromatic heterocycles. The summed E-state index contributed by atoms with van der Waals surface area (Å²) in [5.74, 6) is -0.741. The van der Waals surface area contributed by atoms with Crippen molar-refractivity contribution in [2.45, 2.75) is 6.04 Å². The molecular formula is C6H13ClN2O2. The van der Waals surface area contributed by atoms with E-state index in [-0.39, 0.29) is 18.4 Å². The number of rotatable bonds is 1. The Balaban J connectivity index is 0.000001000. The fraction of sp³-hybridized carbons (Fsp3) is 0.833. The van der Waals surface area contributed by atoms with E-state index in [1.165, 1.54) is 0 Å². The van der Waals surface area contributed by atoms with Crippen molar-refractivity contribution in [2.24, 2.45) is 0 Å². The van der Waals surface area contributed by atoms with E-state index >= 15 is 0 Å². The first-order valence-corrected chi connectivity index (χ1v) is 3.35. The molecule has 1 heterocycles. The number of likely N-dealkylation sites (N-methyl/N-ethyl adjacent to an activating group) is 1. The molecule has 1 aliphatic heterocycles. The molecule has 1 aliphatic rings. The van der Waals surface area contributed by atoms with Crippen molar-refractivity contribution >= 4 is 18.4 Å². The van der Waals surface area contributed by atoms with E-state index in [1.54, 1.807) is 0 Å². The lowest BCUT2D eigenvalue weighted by molar-refractivity contribution is -0.143. The summed E-state index contributed by atoms with van der Waals surface area (Å²) >= 11 is 0. The van der Waals surface area contributed by atoms with Crippen LogP contribution in [0.4, 0.5) is 0 Å². The highest BCUT2D eigenvalue weighted by Gasteiger charge is 2.24. The van der Waals surface area contributed by atoms with Crippen LogP contribution in [0.15, 0.2) is 0 Å². The lowest BCUT2D eigenvalue weighted by Crippen LogP contribution is -2.52. The summed E-state index contributed by atoms with van der Waals surface area (Å²) in [7, 11) is 1.83. The average Bonchev–Trinajstić information content (AvgIpc) is 1.88. The molecule has 0 saturated carbocycles. The number of carboxylic acid groups (broad SMARTS) is 1. The predicted molar refractivity (Wildman–Crippen MR) is 44.2 cm³/mol. The minimum absolute atomic E-state index is 0. The second-order valence-corrected chi connectivity index (χ2v) is 2.54. The fourth-order valence-corrected chi connectivity index (χ4v) is 1.08. The third-order valence-electron chi connectivity index (χ3n) is 1.80. The molecule has 0 amide bonds. The molecule has 5 heteroatoms. The quantitative estimate of drug-likeness (QED) is 0.566. The van der Waals surface area contributed by atoms with E-state index < -0.39 is 5.97 Å². The van der Waals surface area contributed by atoms with Gasteiger partial charge in [0.15, 0.2) is 0 Å². The number of piperazine rings is 1. The summed E-state index contributed by atoms with van der Waals surface area (Å²) in [6.07, 6.45) is 0. The largest absolute Gasteiger partial charge is 0.480 e. The van der Waals surface area contributed by atoms with Gasteiger partial charge in [-0.2, -0.15) is 0 Å². The Morgan fingerprint density at radius 1 is 1.73 bits per heavy atom. The van der Waals surface area contributed by atoms with Crippen molar-refractivity contribution in [3.05, 3.63) is 0 Å². The molecule has 1 rings (SSSR count). The van der Waals surface area contributed by atoms with Crippen molar-refractivity contribution in [2.75, 3.05) is 26.7 Å². The van der Waals surface area contributed by atoms with Gasteiger partial charge in [0.2, 0.25) is 0 Å². The van der Waals surface area contributed by atoms with E-state index in [2.05, 4.69) is 5.32 Å². The van der Waals surface area contributed by atoms with Gasteiger partial charge in [0.25, 0.3) is 0 Å². The Labute approximate surface area is 72.0 Å². The van der Waals surface area contributed by atoms with Crippen LogP contribution in [0.1, 0.15) is 0 Å². The first kappa shape index (κ1) is 10.7. The molecule has 0 spiro atoms. The third kappa shape index (κ3) is 2.65. The van der Waals surface area contributed by atoms with Gasteiger partial charge in [0, 0.05) is 19.6 Å². The minimum atomic E-state index is -0.741.